The summed E-state index contributed by atoms with van der Waals surface area (Å²) in [5.41, 5.74) is 6.06. The summed E-state index contributed by atoms with van der Waals surface area (Å²) in [6, 6.07) is 11.7. The normalized spacial score (nSPS) is 19.4. The van der Waals surface area contributed by atoms with Gasteiger partial charge in [-0.25, -0.2) is 4.79 Å². The Bertz CT molecular complexity index is 1400. The van der Waals surface area contributed by atoms with Crippen LogP contribution >= 0.6 is 11.8 Å². The largest absolute Gasteiger partial charge is 0.456 e. The van der Waals surface area contributed by atoms with Gasteiger partial charge in [0, 0.05) is 17.7 Å². The highest BCUT2D eigenvalue weighted by Gasteiger charge is 2.60. The minimum absolute atomic E-state index is 0.0262. The molecule has 1 fully saturated rings. The van der Waals surface area contributed by atoms with Crippen LogP contribution in [0.3, 0.4) is 0 Å². The highest BCUT2D eigenvalue weighted by Crippen LogP contribution is 2.52. The summed E-state index contributed by atoms with van der Waals surface area (Å²) in [5, 5.41) is 10.6. The van der Waals surface area contributed by atoms with Gasteiger partial charge in [-0.3, -0.25) is 24.6 Å². The van der Waals surface area contributed by atoms with Gasteiger partial charge in [0.1, 0.15) is 17.7 Å². The molecule has 0 unspecified atom stereocenters. The van der Waals surface area contributed by atoms with E-state index in [4.69, 9.17) is 19.6 Å². The standard InChI is InChI=1S/C28H33N3O8SSi/c1-16(39-41(5,6)28(2,3)4)21-24(33)30-22(26(34)37-15-17-7-11-19(12-8-17)31(35)36)27(40-25(21)30)38-20-13-9-18(10-14-20)23(29)32/h7-14,16,21,25H,15H2,1-6H3,(H2,29,32)/t16-,21+,25-/m1/s1. The molecule has 2 N–H and O–H groups in total. The third kappa shape index (κ3) is 6.16. The molecule has 13 heteroatoms. The highest BCUT2D eigenvalue weighted by atomic mass is 32.2. The summed E-state index contributed by atoms with van der Waals surface area (Å²) in [7, 11) is -2.18. The van der Waals surface area contributed by atoms with Gasteiger partial charge in [0.15, 0.2) is 19.1 Å². The zero-order valence-corrected chi connectivity index (χ0v) is 25.5. The number of benzene rings is 2. The number of hydrogen-bond donors (Lipinski definition) is 1. The zero-order chi connectivity index (χ0) is 30.3. The minimum atomic E-state index is -2.18. The second kappa shape index (κ2) is 11.3. The predicted molar refractivity (Wildman–Crippen MR) is 155 cm³/mol. The predicted octanol–water partition coefficient (Wildman–Crippen LogP) is 4.93. The molecule has 0 aliphatic carbocycles. The van der Waals surface area contributed by atoms with Crippen LogP contribution < -0.4 is 10.5 Å². The lowest BCUT2D eigenvalue weighted by Gasteiger charge is -2.47. The molecule has 0 aromatic heterocycles. The van der Waals surface area contributed by atoms with E-state index in [9.17, 15) is 24.5 Å². The Morgan fingerprint density at radius 3 is 2.27 bits per heavy atom. The summed E-state index contributed by atoms with van der Waals surface area (Å²) >= 11 is 1.23. The summed E-state index contributed by atoms with van der Waals surface area (Å²) in [6.45, 7) is 12.3. The van der Waals surface area contributed by atoms with Crippen molar-refractivity contribution in [2.24, 2.45) is 11.7 Å². The van der Waals surface area contributed by atoms with Gasteiger partial charge in [-0.05, 0) is 67.0 Å². The number of nitro groups is 1. The molecule has 0 saturated carbocycles. The average molecular weight is 600 g/mol. The van der Waals surface area contributed by atoms with Gasteiger partial charge >= 0.3 is 5.97 Å². The van der Waals surface area contributed by atoms with E-state index < -0.39 is 36.4 Å². The van der Waals surface area contributed by atoms with Gasteiger partial charge in [-0.2, -0.15) is 0 Å². The summed E-state index contributed by atoms with van der Waals surface area (Å²) in [4.78, 5) is 50.1. The van der Waals surface area contributed by atoms with E-state index in [0.717, 1.165) is 0 Å². The molecule has 3 atom stereocenters. The van der Waals surface area contributed by atoms with Crippen LogP contribution in [-0.2, 0) is 25.4 Å². The van der Waals surface area contributed by atoms with Crippen LogP contribution in [0, 0.1) is 16.0 Å². The Morgan fingerprint density at radius 2 is 1.73 bits per heavy atom. The van der Waals surface area contributed by atoms with E-state index in [1.54, 1.807) is 12.1 Å². The number of nitrogens with two attached hydrogens (primary N) is 1. The zero-order valence-electron chi connectivity index (χ0n) is 23.7. The van der Waals surface area contributed by atoms with Crippen LogP contribution in [0.15, 0.2) is 59.3 Å². The Balaban J connectivity index is 1.56. The highest BCUT2D eigenvalue weighted by molar-refractivity contribution is 8.03. The SMILES string of the molecule is C[C@@H](O[Si](C)(C)C(C)(C)C)[C@H]1C(=O)N2C(C(=O)OCc3ccc([N+](=O)[O-])cc3)=C(Oc3ccc(C(N)=O)cc3)S[C@H]12. The van der Waals surface area contributed by atoms with E-state index in [1.165, 1.54) is 53.1 Å². The van der Waals surface area contributed by atoms with Crippen molar-refractivity contribution in [3.63, 3.8) is 0 Å². The van der Waals surface area contributed by atoms with E-state index in [2.05, 4.69) is 33.9 Å². The number of nitrogens with zero attached hydrogens (tertiary/aromatic N) is 2. The number of fused-ring (bicyclic) bond motifs is 1. The van der Waals surface area contributed by atoms with Crippen molar-refractivity contribution in [1.82, 2.24) is 4.90 Å². The van der Waals surface area contributed by atoms with Crippen LogP contribution in [0.2, 0.25) is 18.1 Å². The van der Waals surface area contributed by atoms with Gasteiger partial charge in [-0.15, -0.1) is 0 Å². The summed E-state index contributed by atoms with van der Waals surface area (Å²) in [5.74, 6) is -1.78. The second-order valence-electron chi connectivity index (χ2n) is 11.5. The van der Waals surface area contributed by atoms with Gasteiger partial charge in [0.25, 0.3) is 5.69 Å². The van der Waals surface area contributed by atoms with Crippen LogP contribution in [-0.4, -0.2) is 47.4 Å². The van der Waals surface area contributed by atoms with Crippen LogP contribution in [0.1, 0.15) is 43.6 Å². The van der Waals surface area contributed by atoms with Gasteiger partial charge < -0.3 is 19.6 Å². The van der Waals surface area contributed by atoms with E-state index in [-0.39, 0.29) is 40.1 Å². The number of ether oxygens (including phenoxy) is 2. The average Bonchev–Trinajstić information content (AvgIpc) is 3.20. The molecule has 4 rings (SSSR count). The summed E-state index contributed by atoms with van der Waals surface area (Å²) < 4.78 is 18.1. The maximum absolute atomic E-state index is 13.5. The molecule has 1 saturated heterocycles. The van der Waals surface area contributed by atoms with Crippen molar-refractivity contribution < 1.29 is 33.2 Å². The Hall–Kier alpha value is -3.68. The number of rotatable bonds is 10. The van der Waals surface area contributed by atoms with Crippen molar-refractivity contribution in [1.29, 1.82) is 0 Å². The molecule has 2 amide bonds. The van der Waals surface area contributed by atoms with Crippen LogP contribution in [0.25, 0.3) is 0 Å². The molecule has 0 radical (unpaired) electrons. The van der Waals surface area contributed by atoms with Crippen molar-refractivity contribution in [2.75, 3.05) is 0 Å². The van der Waals surface area contributed by atoms with E-state index in [0.29, 0.717) is 16.9 Å². The molecule has 218 valence electrons. The lowest BCUT2D eigenvalue weighted by molar-refractivity contribution is -0.384. The van der Waals surface area contributed by atoms with E-state index in [1.807, 2.05) is 6.92 Å². The quantitative estimate of drug-likeness (QED) is 0.132. The first-order chi connectivity index (χ1) is 19.1. The van der Waals surface area contributed by atoms with Crippen LogP contribution in [0.5, 0.6) is 5.75 Å². The molecule has 0 bridgehead atoms. The smallest absolute Gasteiger partial charge is 0.359 e. The molecule has 2 aliphatic rings. The molecule has 2 aromatic carbocycles. The monoisotopic (exact) mass is 599 g/mol. The Morgan fingerprint density at radius 1 is 1.12 bits per heavy atom. The second-order valence-corrected chi connectivity index (χ2v) is 17.3. The number of non-ortho nitro benzene ring substituents is 1. The van der Waals surface area contributed by atoms with Crippen molar-refractivity contribution in [2.45, 2.75) is 63.9 Å². The minimum Gasteiger partial charge on any atom is -0.456 e. The lowest BCUT2D eigenvalue weighted by atomic mass is 9.92. The Labute approximate surface area is 243 Å². The number of amides is 2. The maximum Gasteiger partial charge on any atom is 0.359 e. The van der Waals surface area contributed by atoms with Crippen molar-refractivity contribution in [3.8, 4) is 5.75 Å². The van der Waals surface area contributed by atoms with Crippen molar-refractivity contribution in [3.05, 3.63) is 80.6 Å². The topological polar surface area (TPSA) is 151 Å². The number of primary amides is 1. The van der Waals surface area contributed by atoms with Gasteiger partial charge in [0.2, 0.25) is 11.8 Å². The fourth-order valence-electron chi connectivity index (χ4n) is 4.24. The first-order valence-electron chi connectivity index (χ1n) is 13.0. The van der Waals surface area contributed by atoms with Crippen LogP contribution in [0.4, 0.5) is 5.69 Å². The third-order valence-corrected chi connectivity index (χ3v) is 13.4. The molecule has 0 spiro atoms. The molecule has 2 aliphatic heterocycles. The lowest BCUT2D eigenvalue weighted by Crippen LogP contribution is -2.62. The first-order valence-corrected chi connectivity index (χ1v) is 16.8. The van der Waals surface area contributed by atoms with Gasteiger partial charge in [-0.1, -0.05) is 32.5 Å². The molecule has 2 aromatic rings. The summed E-state index contributed by atoms with van der Waals surface area (Å²) in [6.07, 6.45) is -0.385. The van der Waals surface area contributed by atoms with Gasteiger partial charge in [0.05, 0.1) is 16.9 Å². The Kier molecular flexibility index (Phi) is 8.34. The number of β-lactam (4-membered cyclic amide) rings is 1. The first kappa shape index (κ1) is 30.3. The maximum atomic E-state index is 13.5. The fourth-order valence-corrected chi connectivity index (χ4v) is 7.13. The number of hydrogen-bond acceptors (Lipinski definition) is 9. The third-order valence-electron chi connectivity index (χ3n) is 7.60. The van der Waals surface area contributed by atoms with Crippen molar-refractivity contribution >= 4 is 43.6 Å². The number of thioether (sulfide) groups is 1. The fraction of sp³-hybridized carbons (Fsp3) is 0.393. The molecular weight excluding hydrogens is 566 g/mol. The molecule has 11 nitrogen and oxygen atoms in total. The number of esters is 1. The number of carbonyl (C=O) groups excluding carboxylic acids is 3. The van der Waals surface area contributed by atoms with E-state index >= 15 is 0 Å². The number of carbonyl (C=O) groups is 3. The molecule has 2 heterocycles. The molecule has 41 heavy (non-hydrogen) atoms. The number of nitro benzene ring substituents is 1. The molecular formula is C28H33N3O8SSi.